The monoisotopic (exact) mass is 335 g/mol. The van der Waals surface area contributed by atoms with Crippen molar-refractivity contribution in [1.82, 2.24) is 4.72 Å². The molecular formula is C13H18ClNO5S. The molecule has 0 saturated carbocycles. The van der Waals surface area contributed by atoms with Gasteiger partial charge in [0.25, 0.3) is 0 Å². The standard InChI is InChI=1S/C13H18ClNO5S/c1-4-13(3,7-16)15-21(19,20)11-6-9(14)5-10(8(11)2)12(17)18/h5-6,15-16H,4,7H2,1-3H3,(H,17,18). The van der Waals surface area contributed by atoms with Crippen LogP contribution in [0.3, 0.4) is 0 Å². The van der Waals surface area contributed by atoms with E-state index in [0.29, 0.717) is 6.42 Å². The van der Waals surface area contributed by atoms with Crippen LogP contribution in [-0.2, 0) is 10.0 Å². The second kappa shape index (κ2) is 6.31. The summed E-state index contributed by atoms with van der Waals surface area (Å²) in [5.41, 5.74) is -1.11. The number of carboxylic acids is 1. The van der Waals surface area contributed by atoms with Gasteiger partial charge in [-0.2, -0.15) is 0 Å². The van der Waals surface area contributed by atoms with E-state index in [-0.39, 0.29) is 27.7 Å². The van der Waals surface area contributed by atoms with E-state index in [1.54, 1.807) is 13.8 Å². The molecule has 6 nitrogen and oxygen atoms in total. The molecule has 0 aliphatic heterocycles. The zero-order valence-corrected chi connectivity index (χ0v) is 13.5. The van der Waals surface area contributed by atoms with Crippen LogP contribution in [0.1, 0.15) is 36.2 Å². The van der Waals surface area contributed by atoms with Gasteiger partial charge in [-0.1, -0.05) is 18.5 Å². The summed E-state index contributed by atoms with van der Waals surface area (Å²) in [5, 5.41) is 18.4. The topological polar surface area (TPSA) is 104 Å². The third-order valence-electron chi connectivity index (χ3n) is 3.35. The first-order valence-electron chi connectivity index (χ1n) is 6.24. The molecule has 1 aromatic rings. The Morgan fingerprint density at radius 2 is 2.00 bits per heavy atom. The average Bonchev–Trinajstić information content (AvgIpc) is 2.39. The van der Waals surface area contributed by atoms with E-state index in [1.807, 2.05) is 0 Å². The van der Waals surface area contributed by atoms with Crippen molar-refractivity contribution in [2.45, 2.75) is 37.6 Å². The van der Waals surface area contributed by atoms with Gasteiger partial charge in [0.05, 0.1) is 22.6 Å². The van der Waals surface area contributed by atoms with E-state index in [1.165, 1.54) is 19.1 Å². The van der Waals surface area contributed by atoms with Gasteiger partial charge in [0.1, 0.15) is 0 Å². The number of benzene rings is 1. The quantitative estimate of drug-likeness (QED) is 0.735. The highest BCUT2D eigenvalue weighted by molar-refractivity contribution is 7.89. The average molecular weight is 336 g/mol. The molecule has 0 heterocycles. The Bertz CT molecular complexity index is 653. The molecule has 118 valence electrons. The largest absolute Gasteiger partial charge is 0.478 e. The number of hydrogen-bond donors (Lipinski definition) is 3. The predicted octanol–water partition coefficient (Wildman–Crippen LogP) is 1.79. The molecule has 0 saturated heterocycles. The smallest absolute Gasteiger partial charge is 0.336 e. The van der Waals surface area contributed by atoms with Gasteiger partial charge in [-0.3, -0.25) is 0 Å². The summed E-state index contributed by atoms with van der Waals surface area (Å²) < 4.78 is 27.3. The number of aliphatic hydroxyl groups is 1. The molecular weight excluding hydrogens is 318 g/mol. The summed E-state index contributed by atoms with van der Waals surface area (Å²) in [6.07, 6.45) is 0.369. The lowest BCUT2D eigenvalue weighted by atomic mass is 10.0. The van der Waals surface area contributed by atoms with Gasteiger partial charge in [0, 0.05) is 5.02 Å². The molecule has 0 aromatic heterocycles. The molecule has 1 unspecified atom stereocenters. The molecule has 1 rings (SSSR count). The minimum absolute atomic E-state index is 0.0144. The molecule has 1 aromatic carbocycles. The Morgan fingerprint density at radius 3 is 2.43 bits per heavy atom. The number of aromatic carboxylic acids is 1. The number of halogens is 1. The highest BCUT2D eigenvalue weighted by atomic mass is 35.5. The Hall–Kier alpha value is -1.15. The molecule has 0 bridgehead atoms. The van der Waals surface area contributed by atoms with Crippen molar-refractivity contribution in [2.75, 3.05) is 6.61 Å². The normalized spacial score (nSPS) is 14.7. The van der Waals surface area contributed by atoms with Gasteiger partial charge >= 0.3 is 5.97 Å². The van der Waals surface area contributed by atoms with E-state index < -0.39 is 21.5 Å². The van der Waals surface area contributed by atoms with Crippen LogP contribution in [0.5, 0.6) is 0 Å². The summed E-state index contributed by atoms with van der Waals surface area (Å²) in [6.45, 7) is 4.31. The van der Waals surface area contributed by atoms with Gasteiger partial charge in [-0.15, -0.1) is 0 Å². The third-order valence-corrected chi connectivity index (χ3v) is 5.34. The van der Waals surface area contributed by atoms with Crippen molar-refractivity contribution in [2.24, 2.45) is 0 Å². The van der Waals surface area contributed by atoms with Crippen LogP contribution in [0.25, 0.3) is 0 Å². The Balaban J connectivity index is 3.42. The summed E-state index contributed by atoms with van der Waals surface area (Å²) >= 11 is 5.81. The SMILES string of the molecule is CCC(C)(CO)NS(=O)(=O)c1cc(Cl)cc(C(=O)O)c1C. The number of nitrogens with one attached hydrogen (secondary N) is 1. The molecule has 1 atom stereocenters. The zero-order chi connectivity index (χ0) is 16.4. The fraction of sp³-hybridized carbons (Fsp3) is 0.462. The fourth-order valence-corrected chi connectivity index (χ4v) is 3.80. The van der Waals surface area contributed by atoms with Crippen molar-refractivity contribution in [3.8, 4) is 0 Å². The first-order valence-corrected chi connectivity index (χ1v) is 8.10. The van der Waals surface area contributed by atoms with Crippen LogP contribution in [0.15, 0.2) is 17.0 Å². The Labute approximate surface area is 128 Å². The van der Waals surface area contributed by atoms with Gasteiger partial charge in [-0.25, -0.2) is 17.9 Å². The summed E-state index contributed by atoms with van der Waals surface area (Å²) in [6, 6.07) is 2.39. The molecule has 21 heavy (non-hydrogen) atoms. The molecule has 0 aliphatic carbocycles. The van der Waals surface area contributed by atoms with Crippen LogP contribution in [0.4, 0.5) is 0 Å². The number of aliphatic hydroxyl groups excluding tert-OH is 1. The lowest BCUT2D eigenvalue weighted by Gasteiger charge is -2.27. The summed E-state index contributed by atoms with van der Waals surface area (Å²) in [5.74, 6) is -1.26. The van der Waals surface area contributed by atoms with E-state index in [9.17, 15) is 18.3 Å². The number of carbonyl (C=O) groups is 1. The maximum Gasteiger partial charge on any atom is 0.336 e. The van der Waals surface area contributed by atoms with Crippen molar-refractivity contribution in [3.05, 3.63) is 28.3 Å². The molecule has 3 N–H and O–H groups in total. The number of sulfonamides is 1. The lowest BCUT2D eigenvalue weighted by Crippen LogP contribution is -2.48. The van der Waals surface area contributed by atoms with E-state index in [2.05, 4.69) is 4.72 Å². The highest BCUT2D eigenvalue weighted by Gasteiger charge is 2.30. The van der Waals surface area contributed by atoms with Crippen molar-refractivity contribution in [3.63, 3.8) is 0 Å². The maximum atomic E-state index is 12.4. The van der Waals surface area contributed by atoms with Crippen LogP contribution in [-0.4, -0.2) is 36.7 Å². The van der Waals surface area contributed by atoms with E-state index in [4.69, 9.17) is 16.7 Å². The third kappa shape index (κ3) is 3.94. The molecule has 0 fully saturated rings. The summed E-state index contributed by atoms with van der Waals surface area (Å²) in [4.78, 5) is 10.9. The van der Waals surface area contributed by atoms with Gasteiger partial charge < -0.3 is 10.2 Å². The predicted molar refractivity (Wildman–Crippen MR) is 79.3 cm³/mol. The van der Waals surface area contributed by atoms with E-state index >= 15 is 0 Å². The number of carboxylic acid groups (broad SMARTS) is 1. The fourth-order valence-electron chi connectivity index (χ4n) is 1.75. The van der Waals surface area contributed by atoms with Gasteiger partial charge in [0.2, 0.25) is 10.0 Å². The Morgan fingerprint density at radius 1 is 1.43 bits per heavy atom. The molecule has 8 heteroatoms. The second-order valence-electron chi connectivity index (χ2n) is 5.06. The number of hydrogen-bond acceptors (Lipinski definition) is 4. The highest BCUT2D eigenvalue weighted by Crippen LogP contribution is 2.26. The van der Waals surface area contributed by atoms with Crippen LogP contribution < -0.4 is 4.72 Å². The second-order valence-corrected chi connectivity index (χ2v) is 7.15. The zero-order valence-electron chi connectivity index (χ0n) is 12.0. The van der Waals surface area contributed by atoms with Crippen LogP contribution >= 0.6 is 11.6 Å². The van der Waals surface area contributed by atoms with E-state index in [0.717, 1.165) is 0 Å². The van der Waals surface area contributed by atoms with Crippen molar-refractivity contribution in [1.29, 1.82) is 0 Å². The summed E-state index contributed by atoms with van der Waals surface area (Å²) in [7, 11) is -4.01. The van der Waals surface area contributed by atoms with Crippen molar-refractivity contribution < 1.29 is 23.4 Å². The van der Waals surface area contributed by atoms with Crippen LogP contribution in [0.2, 0.25) is 5.02 Å². The van der Waals surface area contributed by atoms with Gasteiger partial charge in [-0.05, 0) is 38.0 Å². The van der Waals surface area contributed by atoms with Crippen LogP contribution in [0, 0.1) is 6.92 Å². The Kier molecular flexibility index (Phi) is 5.38. The first kappa shape index (κ1) is 17.9. The first-order chi connectivity index (χ1) is 9.56. The minimum Gasteiger partial charge on any atom is -0.478 e. The molecule has 0 spiro atoms. The number of rotatable bonds is 6. The minimum atomic E-state index is -4.01. The van der Waals surface area contributed by atoms with Crippen molar-refractivity contribution >= 4 is 27.6 Å². The molecule has 0 amide bonds. The van der Waals surface area contributed by atoms with Gasteiger partial charge in [0.15, 0.2) is 0 Å². The molecule has 0 radical (unpaired) electrons. The lowest BCUT2D eigenvalue weighted by molar-refractivity contribution is 0.0696. The molecule has 0 aliphatic rings. The maximum absolute atomic E-state index is 12.4.